The van der Waals surface area contributed by atoms with Crippen molar-refractivity contribution in [2.75, 3.05) is 6.54 Å². The van der Waals surface area contributed by atoms with Gasteiger partial charge in [0.25, 0.3) is 0 Å². The molecule has 1 rings (SSSR count). The average molecular weight is 283 g/mol. The molecule has 1 heterocycles. The van der Waals surface area contributed by atoms with Crippen LogP contribution >= 0.6 is 38.9 Å². The van der Waals surface area contributed by atoms with Gasteiger partial charge in [-0.05, 0) is 48.0 Å². The van der Waals surface area contributed by atoms with E-state index in [-0.39, 0.29) is 5.38 Å². The maximum Gasteiger partial charge on any atom is 0.0701 e. The molecule has 0 fully saturated rings. The van der Waals surface area contributed by atoms with Crippen LogP contribution in [0.25, 0.3) is 0 Å². The van der Waals surface area contributed by atoms with E-state index < -0.39 is 0 Å². The van der Waals surface area contributed by atoms with Crippen molar-refractivity contribution in [2.45, 2.75) is 25.3 Å². The molecule has 74 valence electrons. The number of nitrogens with one attached hydrogen (secondary N) is 1. The smallest absolute Gasteiger partial charge is 0.0701 e. The van der Waals surface area contributed by atoms with Gasteiger partial charge in [0.2, 0.25) is 0 Å². The lowest BCUT2D eigenvalue weighted by molar-refractivity contribution is 0.649. The number of hydrogen-bond donors (Lipinski definition) is 1. The summed E-state index contributed by atoms with van der Waals surface area (Å²) in [6, 6.07) is 4.21. The zero-order chi connectivity index (χ0) is 9.68. The van der Waals surface area contributed by atoms with Crippen LogP contribution in [0.15, 0.2) is 15.9 Å². The SMILES string of the molecule is CC(Cl)CCNCc1ccc(Br)s1. The average Bonchev–Trinajstić information content (AvgIpc) is 2.45. The van der Waals surface area contributed by atoms with Gasteiger partial charge in [0.1, 0.15) is 0 Å². The molecule has 0 bridgehead atoms. The lowest BCUT2D eigenvalue weighted by Crippen LogP contribution is -2.16. The van der Waals surface area contributed by atoms with Gasteiger partial charge in [-0.25, -0.2) is 0 Å². The van der Waals surface area contributed by atoms with Crippen molar-refractivity contribution >= 4 is 38.9 Å². The number of thiophene rings is 1. The van der Waals surface area contributed by atoms with Crippen LogP contribution in [-0.2, 0) is 6.54 Å². The third kappa shape index (κ3) is 5.01. The molecule has 13 heavy (non-hydrogen) atoms. The first-order chi connectivity index (χ1) is 6.18. The van der Waals surface area contributed by atoms with Gasteiger partial charge in [-0.15, -0.1) is 22.9 Å². The summed E-state index contributed by atoms with van der Waals surface area (Å²) in [5.74, 6) is 0. The van der Waals surface area contributed by atoms with Gasteiger partial charge in [-0.1, -0.05) is 0 Å². The van der Waals surface area contributed by atoms with E-state index in [4.69, 9.17) is 11.6 Å². The molecule has 0 aromatic carbocycles. The molecular formula is C9H13BrClNS. The van der Waals surface area contributed by atoms with Gasteiger partial charge in [-0.2, -0.15) is 0 Å². The molecule has 0 spiro atoms. The molecule has 4 heteroatoms. The van der Waals surface area contributed by atoms with Crippen LogP contribution in [0.1, 0.15) is 18.2 Å². The molecule has 1 atom stereocenters. The van der Waals surface area contributed by atoms with E-state index in [1.807, 2.05) is 6.92 Å². The normalized spacial score (nSPS) is 13.2. The molecule has 0 aliphatic rings. The fraction of sp³-hybridized carbons (Fsp3) is 0.556. The Hall–Kier alpha value is 0.430. The molecule has 0 aliphatic heterocycles. The van der Waals surface area contributed by atoms with Crippen LogP contribution in [0.5, 0.6) is 0 Å². The summed E-state index contributed by atoms with van der Waals surface area (Å²) in [5.41, 5.74) is 0. The Morgan fingerprint density at radius 3 is 2.92 bits per heavy atom. The van der Waals surface area contributed by atoms with Crippen molar-refractivity contribution in [1.82, 2.24) is 5.32 Å². The predicted octanol–water partition coefficient (Wildman–Crippen LogP) is 3.62. The Bertz CT molecular complexity index is 250. The third-order valence-corrected chi connectivity index (χ3v) is 3.49. The van der Waals surface area contributed by atoms with Crippen molar-refractivity contribution in [2.24, 2.45) is 0 Å². The Labute approximate surface area is 96.6 Å². The molecule has 1 aromatic heterocycles. The first-order valence-corrected chi connectivity index (χ1v) is 6.32. The fourth-order valence-corrected chi connectivity index (χ4v) is 2.52. The molecule has 0 radical (unpaired) electrons. The monoisotopic (exact) mass is 281 g/mol. The summed E-state index contributed by atoms with van der Waals surface area (Å²) in [4.78, 5) is 1.36. The topological polar surface area (TPSA) is 12.0 Å². The predicted molar refractivity (Wildman–Crippen MR) is 63.7 cm³/mol. The van der Waals surface area contributed by atoms with Crippen molar-refractivity contribution in [3.63, 3.8) is 0 Å². The van der Waals surface area contributed by atoms with E-state index in [1.54, 1.807) is 11.3 Å². The standard InChI is InChI=1S/C9H13BrClNS/c1-7(11)4-5-12-6-8-2-3-9(10)13-8/h2-3,7,12H,4-6H2,1H3. The lowest BCUT2D eigenvalue weighted by atomic mass is 10.3. The van der Waals surface area contributed by atoms with Crippen molar-refractivity contribution < 1.29 is 0 Å². The molecule has 1 nitrogen and oxygen atoms in total. The Morgan fingerprint density at radius 1 is 1.62 bits per heavy atom. The minimum absolute atomic E-state index is 0.266. The second-order valence-corrected chi connectivity index (χ2v) is 6.24. The van der Waals surface area contributed by atoms with Gasteiger partial charge >= 0.3 is 0 Å². The number of alkyl halides is 1. The maximum absolute atomic E-state index is 5.82. The summed E-state index contributed by atoms with van der Waals surface area (Å²) < 4.78 is 1.19. The van der Waals surface area contributed by atoms with Crippen LogP contribution in [0.4, 0.5) is 0 Å². The largest absolute Gasteiger partial charge is 0.312 e. The quantitative estimate of drug-likeness (QED) is 0.642. The van der Waals surface area contributed by atoms with Crippen molar-refractivity contribution in [3.8, 4) is 0 Å². The highest BCUT2D eigenvalue weighted by molar-refractivity contribution is 9.11. The zero-order valence-electron chi connectivity index (χ0n) is 7.52. The van der Waals surface area contributed by atoms with Gasteiger partial charge in [-0.3, -0.25) is 0 Å². The first-order valence-electron chi connectivity index (χ1n) is 4.27. The lowest BCUT2D eigenvalue weighted by Gasteiger charge is -2.03. The number of hydrogen-bond acceptors (Lipinski definition) is 2. The van der Waals surface area contributed by atoms with E-state index in [0.717, 1.165) is 19.5 Å². The zero-order valence-corrected chi connectivity index (χ0v) is 10.7. The Balaban J connectivity index is 2.13. The van der Waals surface area contributed by atoms with E-state index in [9.17, 15) is 0 Å². The minimum atomic E-state index is 0.266. The summed E-state index contributed by atoms with van der Waals surface area (Å²) in [7, 11) is 0. The van der Waals surface area contributed by atoms with Gasteiger partial charge in [0, 0.05) is 16.8 Å². The van der Waals surface area contributed by atoms with Crippen LogP contribution in [-0.4, -0.2) is 11.9 Å². The Morgan fingerprint density at radius 2 is 2.38 bits per heavy atom. The molecule has 0 saturated carbocycles. The third-order valence-electron chi connectivity index (χ3n) is 1.65. The summed E-state index contributed by atoms with van der Waals surface area (Å²) in [5, 5.41) is 3.62. The van der Waals surface area contributed by atoms with Crippen LogP contribution in [0, 0.1) is 0 Å². The fourth-order valence-electron chi connectivity index (χ4n) is 0.959. The van der Waals surface area contributed by atoms with Crippen LogP contribution < -0.4 is 5.32 Å². The highest BCUT2D eigenvalue weighted by Crippen LogP contribution is 2.21. The number of halogens is 2. The molecule has 0 aliphatic carbocycles. The van der Waals surface area contributed by atoms with Gasteiger partial charge in [0.15, 0.2) is 0 Å². The second-order valence-electron chi connectivity index (χ2n) is 2.95. The van der Waals surface area contributed by atoms with E-state index in [2.05, 4.69) is 33.4 Å². The summed E-state index contributed by atoms with van der Waals surface area (Å²) in [6.45, 7) is 3.95. The first kappa shape index (κ1) is 11.5. The highest BCUT2D eigenvalue weighted by Gasteiger charge is 1.98. The minimum Gasteiger partial charge on any atom is -0.312 e. The molecule has 0 amide bonds. The number of rotatable bonds is 5. The van der Waals surface area contributed by atoms with Gasteiger partial charge < -0.3 is 5.32 Å². The van der Waals surface area contributed by atoms with E-state index in [1.165, 1.54) is 8.66 Å². The molecule has 1 aromatic rings. The molecular weight excluding hydrogens is 270 g/mol. The highest BCUT2D eigenvalue weighted by atomic mass is 79.9. The van der Waals surface area contributed by atoms with Crippen LogP contribution in [0.3, 0.4) is 0 Å². The molecule has 1 N–H and O–H groups in total. The second kappa shape index (κ2) is 6.02. The Kier molecular flexibility index (Phi) is 5.32. The maximum atomic E-state index is 5.82. The van der Waals surface area contributed by atoms with Crippen molar-refractivity contribution in [1.29, 1.82) is 0 Å². The van der Waals surface area contributed by atoms with Crippen LogP contribution in [0.2, 0.25) is 0 Å². The van der Waals surface area contributed by atoms with Crippen molar-refractivity contribution in [3.05, 3.63) is 20.8 Å². The van der Waals surface area contributed by atoms with E-state index >= 15 is 0 Å². The summed E-state index contributed by atoms with van der Waals surface area (Å²) in [6.07, 6.45) is 1.02. The molecule has 0 saturated heterocycles. The van der Waals surface area contributed by atoms with Gasteiger partial charge in [0.05, 0.1) is 3.79 Å². The molecule has 1 unspecified atom stereocenters. The van der Waals surface area contributed by atoms with E-state index in [0.29, 0.717) is 0 Å². The summed E-state index contributed by atoms with van der Waals surface area (Å²) >= 11 is 11.0.